The van der Waals surface area contributed by atoms with Crippen LogP contribution < -0.4 is 15.4 Å². The lowest BCUT2D eigenvalue weighted by molar-refractivity contribution is 0.243. The number of halogens is 2. The maximum absolute atomic E-state index is 6.46. The molecule has 5 nitrogen and oxygen atoms in total. The van der Waals surface area contributed by atoms with Gasteiger partial charge in [-0.2, -0.15) is 0 Å². The average Bonchev–Trinajstić information content (AvgIpc) is 3.15. The lowest BCUT2D eigenvalue weighted by Crippen LogP contribution is -2.48. The SMILES string of the molecule is Br.COc1cccc(N2CCN(CC(N)c3nc4c(Cl)cccc4s3)CC2)c1. The molecule has 1 saturated heterocycles. The van der Waals surface area contributed by atoms with Crippen LogP contribution in [0, 0.1) is 0 Å². The topological polar surface area (TPSA) is 54.6 Å². The highest BCUT2D eigenvalue weighted by molar-refractivity contribution is 8.93. The Morgan fingerprint density at radius 3 is 2.64 bits per heavy atom. The number of anilines is 1. The van der Waals surface area contributed by atoms with Crippen molar-refractivity contribution in [2.45, 2.75) is 6.04 Å². The molecule has 1 atom stereocenters. The summed E-state index contributed by atoms with van der Waals surface area (Å²) in [5.74, 6) is 0.895. The number of hydrogen-bond acceptors (Lipinski definition) is 6. The summed E-state index contributed by atoms with van der Waals surface area (Å²) in [6.45, 7) is 4.73. The molecule has 0 bridgehead atoms. The zero-order chi connectivity index (χ0) is 18.8. The number of rotatable bonds is 5. The van der Waals surface area contributed by atoms with Crippen molar-refractivity contribution in [3.63, 3.8) is 0 Å². The zero-order valence-corrected chi connectivity index (χ0v) is 19.0. The molecule has 0 radical (unpaired) electrons. The number of nitrogens with two attached hydrogens (primary N) is 1. The van der Waals surface area contributed by atoms with Gasteiger partial charge in [0.1, 0.15) is 16.3 Å². The number of nitrogens with zero attached hydrogens (tertiary/aromatic N) is 3. The summed E-state index contributed by atoms with van der Waals surface area (Å²) in [4.78, 5) is 9.47. The van der Waals surface area contributed by atoms with Gasteiger partial charge in [-0.15, -0.1) is 28.3 Å². The second-order valence-corrected chi connectivity index (χ2v) is 8.20. The lowest BCUT2D eigenvalue weighted by atomic mass is 10.2. The van der Waals surface area contributed by atoms with E-state index in [9.17, 15) is 0 Å². The second-order valence-electron chi connectivity index (χ2n) is 6.73. The molecule has 28 heavy (non-hydrogen) atoms. The maximum Gasteiger partial charge on any atom is 0.120 e. The van der Waals surface area contributed by atoms with E-state index >= 15 is 0 Å². The molecule has 1 fully saturated rings. The Morgan fingerprint density at radius 1 is 1.18 bits per heavy atom. The van der Waals surface area contributed by atoms with Gasteiger partial charge >= 0.3 is 0 Å². The zero-order valence-electron chi connectivity index (χ0n) is 15.7. The molecule has 150 valence electrons. The van der Waals surface area contributed by atoms with Crippen molar-refractivity contribution in [3.8, 4) is 5.75 Å². The molecule has 1 unspecified atom stereocenters. The summed E-state index contributed by atoms with van der Waals surface area (Å²) < 4.78 is 6.43. The Hall–Kier alpha value is -1.38. The highest BCUT2D eigenvalue weighted by atomic mass is 79.9. The number of piperazine rings is 1. The summed E-state index contributed by atoms with van der Waals surface area (Å²) in [6.07, 6.45) is 0. The minimum Gasteiger partial charge on any atom is -0.497 e. The molecular weight excluding hydrogens is 460 g/mol. The normalized spacial score (nSPS) is 16.0. The van der Waals surface area contributed by atoms with E-state index in [4.69, 9.17) is 22.1 Å². The van der Waals surface area contributed by atoms with Crippen molar-refractivity contribution in [2.24, 2.45) is 5.73 Å². The van der Waals surface area contributed by atoms with Gasteiger partial charge in [0.05, 0.1) is 22.9 Å². The Morgan fingerprint density at radius 2 is 1.93 bits per heavy atom. The van der Waals surface area contributed by atoms with E-state index in [1.165, 1.54) is 5.69 Å². The third-order valence-electron chi connectivity index (χ3n) is 4.95. The van der Waals surface area contributed by atoms with Crippen LogP contribution >= 0.6 is 39.9 Å². The molecule has 2 N–H and O–H groups in total. The van der Waals surface area contributed by atoms with Gasteiger partial charge in [0, 0.05) is 44.5 Å². The molecule has 0 aliphatic carbocycles. The van der Waals surface area contributed by atoms with Crippen molar-refractivity contribution >= 4 is 55.8 Å². The molecule has 4 rings (SSSR count). The van der Waals surface area contributed by atoms with Crippen LogP contribution in [0.3, 0.4) is 0 Å². The molecule has 0 saturated carbocycles. The van der Waals surface area contributed by atoms with Crippen LogP contribution in [0.5, 0.6) is 5.75 Å². The first kappa shape index (κ1) is 21.3. The third-order valence-corrected chi connectivity index (χ3v) is 6.41. The number of methoxy groups -OCH3 is 1. The maximum atomic E-state index is 6.46. The second kappa shape index (κ2) is 9.41. The monoisotopic (exact) mass is 482 g/mol. The molecule has 2 heterocycles. The van der Waals surface area contributed by atoms with Crippen LogP contribution in [-0.4, -0.2) is 49.7 Å². The number of fused-ring (bicyclic) bond motifs is 1. The van der Waals surface area contributed by atoms with Crippen LogP contribution in [0.1, 0.15) is 11.0 Å². The summed E-state index contributed by atoms with van der Waals surface area (Å²) in [5, 5.41) is 1.64. The Kier molecular flexibility index (Phi) is 7.17. The first-order valence-electron chi connectivity index (χ1n) is 9.06. The standard InChI is InChI=1S/C20H23ClN4OS.BrH/c1-26-15-5-2-4-14(12-15)25-10-8-24(9-11-25)13-17(22)20-23-19-16(21)6-3-7-18(19)27-20;/h2-7,12,17H,8-11,13,22H2,1H3;1H. The van der Waals surface area contributed by atoms with Crippen LogP contribution in [0.2, 0.25) is 5.02 Å². The molecule has 2 aromatic carbocycles. The number of ether oxygens (including phenoxy) is 1. The van der Waals surface area contributed by atoms with E-state index in [2.05, 4.69) is 26.9 Å². The lowest BCUT2D eigenvalue weighted by Gasteiger charge is -2.37. The fourth-order valence-electron chi connectivity index (χ4n) is 3.44. The van der Waals surface area contributed by atoms with Crippen molar-refractivity contribution in [2.75, 3.05) is 44.7 Å². The van der Waals surface area contributed by atoms with Gasteiger partial charge in [0.15, 0.2) is 0 Å². The average molecular weight is 484 g/mol. The molecule has 1 aliphatic rings. The molecule has 0 amide bonds. The van der Waals surface area contributed by atoms with Crippen molar-refractivity contribution in [1.29, 1.82) is 0 Å². The van der Waals surface area contributed by atoms with E-state index in [-0.39, 0.29) is 23.0 Å². The smallest absolute Gasteiger partial charge is 0.120 e. The molecule has 1 aliphatic heterocycles. The van der Waals surface area contributed by atoms with E-state index in [1.807, 2.05) is 30.3 Å². The largest absolute Gasteiger partial charge is 0.497 e. The fraction of sp³-hybridized carbons (Fsp3) is 0.350. The van der Waals surface area contributed by atoms with Gasteiger partial charge in [-0.05, 0) is 24.3 Å². The Bertz CT molecular complexity index is 929. The number of aromatic nitrogens is 1. The number of para-hydroxylation sites is 1. The molecule has 8 heteroatoms. The van der Waals surface area contributed by atoms with Crippen LogP contribution in [0.4, 0.5) is 5.69 Å². The van der Waals surface area contributed by atoms with Gasteiger partial charge in [0.2, 0.25) is 0 Å². The van der Waals surface area contributed by atoms with Gasteiger partial charge in [-0.1, -0.05) is 23.7 Å². The number of benzene rings is 2. The Balaban J connectivity index is 0.00000225. The molecule has 0 spiro atoms. The third kappa shape index (κ3) is 4.60. The van der Waals surface area contributed by atoms with E-state index in [1.54, 1.807) is 18.4 Å². The van der Waals surface area contributed by atoms with Gasteiger partial charge in [0.25, 0.3) is 0 Å². The van der Waals surface area contributed by atoms with Gasteiger partial charge in [-0.3, -0.25) is 4.90 Å². The Labute approximate surface area is 184 Å². The predicted molar refractivity (Wildman–Crippen MR) is 124 cm³/mol. The molecule has 3 aromatic rings. The predicted octanol–water partition coefficient (Wildman–Crippen LogP) is 4.36. The first-order valence-corrected chi connectivity index (χ1v) is 10.3. The van der Waals surface area contributed by atoms with Crippen molar-refractivity contribution in [3.05, 3.63) is 52.5 Å². The highest BCUT2D eigenvalue weighted by Crippen LogP contribution is 2.30. The van der Waals surface area contributed by atoms with Crippen LogP contribution in [0.25, 0.3) is 10.2 Å². The number of hydrogen-bond donors (Lipinski definition) is 1. The quantitative estimate of drug-likeness (QED) is 0.584. The minimum atomic E-state index is -0.0955. The first-order chi connectivity index (χ1) is 13.1. The number of thiazole rings is 1. The summed E-state index contributed by atoms with van der Waals surface area (Å²) >= 11 is 7.88. The summed E-state index contributed by atoms with van der Waals surface area (Å²) in [5.41, 5.74) is 8.52. The van der Waals surface area contributed by atoms with Gasteiger partial charge in [-0.25, -0.2) is 4.98 Å². The van der Waals surface area contributed by atoms with Crippen molar-refractivity contribution in [1.82, 2.24) is 9.88 Å². The van der Waals surface area contributed by atoms with Crippen molar-refractivity contribution < 1.29 is 4.74 Å². The van der Waals surface area contributed by atoms with Crippen LogP contribution in [-0.2, 0) is 0 Å². The van der Waals surface area contributed by atoms with E-state index in [0.717, 1.165) is 53.7 Å². The van der Waals surface area contributed by atoms with Gasteiger partial charge < -0.3 is 15.4 Å². The fourth-order valence-corrected chi connectivity index (χ4v) is 4.70. The summed E-state index contributed by atoms with van der Waals surface area (Å²) in [7, 11) is 1.70. The molecular formula is C20H24BrClN4OS. The highest BCUT2D eigenvalue weighted by Gasteiger charge is 2.21. The van der Waals surface area contributed by atoms with Crippen LogP contribution in [0.15, 0.2) is 42.5 Å². The summed E-state index contributed by atoms with van der Waals surface area (Å²) in [6, 6.07) is 14.0. The van der Waals surface area contributed by atoms with E-state index in [0.29, 0.717) is 5.02 Å². The minimum absolute atomic E-state index is 0. The van der Waals surface area contributed by atoms with E-state index < -0.39 is 0 Å². The molecule has 1 aromatic heterocycles.